The molecule has 4 rings (SSSR count). The summed E-state index contributed by atoms with van der Waals surface area (Å²) in [6.45, 7) is 2.22. The van der Waals surface area contributed by atoms with Crippen molar-refractivity contribution in [3.05, 3.63) is 92.0 Å². The average molecular weight is 620 g/mol. The number of nitro groups is 1. The van der Waals surface area contributed by atoms with Gasteiger partial charge in [-0.1, -0.05) is 6.07 Å². The van der Waals surface area contributed by atoms with Crippen molar-refractivity contribution in [3.63, 3.8) is 0 Å². The van der Waals surface area contributed by atoms with Gasteiger partial charge in [-0.15, -0.1) is 0 Å². The van der Waals surface area contributed by atoms with Gasteiger partial charge in [-0.25, -0.2) is 9.69 Å². The molecule has 14 heteroatoms. The highest BCUT2D eigenvalue weighted by molar-refractivity contribution is 9.10. The van der Waals surface area contributed by atoms with Crippen LogP contribution in [0.2, 0.25) is 0 Å². The number of hydrogen-bond donors (Lipinski definition) is 1. The van der Waals surface area contributed by atoms with Gasteiger partial charge >= 0.3 is 17.9 Å². The number of hydrogen-bond acceptors (Lipinski definition) is 7. The van der Waals surface area contributed by atoms with Gasteiger partial charge in [0.2, 0.25) is 5.75 Å². The molecular weight excluding hydrogens is 603 g/mol. The molecule has 0 aromatic heterocycles. The number of ether oxygens (including phenoxy) is 2. The smallest absolute Gasteiger partial charge is 0.416 e. The number of imide groups is 2. The molecule has 3 aromatic carbocycles. The fourth-order valence-electron chi connectivity index (χ4n) is 3.65. The number of carbonyl (C=O) groups is 3. The Morgan fingerprint density at radius 2 is 1.70 bits per heavy atom. The van der Waals surface area contributed by atoms with Crippen molar-refractivity contribution in [1.82, 2.24) is 5.32 Å². The first-order chi connectivity index (χ1) is 18.9. The summed E-state index contributed by atoms with van der Waals surface area (Å²) in [5, 5.41) is 13.5. The molecule has 10 nitrogen and oxygen atoms in total. The van der Waals surface area contributed by atoms with E-state index in [1.54, 1.807) is 19.1 Å². The minimum atomic E-state index is -4.78. The molecule has 1 aliphatic rings. The van der Waals surface area contributed by atoms with E-state index in [4.69, 9.17) is 9.47 Å². The first-order valence-corrected chi connectivity index (χ1v) is 12.2. The van der Waals surface area contributed by atoms with Crippen LogP contribution in [0.5, 0.6) is 17.2 Å². The maximum Gasteiger partial charge on any atom is 0.416 e. The average Bonchev–Trinajstić information content (AvgIpc) is 2.88. The van der Waals surface area contributed by atoms with Gasteiger partial charge in [-0.05, 0) is 83.0 Å². The van der Waals surface area contributed by atoms with E-state index in [1.807, 2.05) is 0 Å². The molecule has 1 saturated heterocycles. The minimum absolute atomic E-state index is 0.00984. The number of anilines is 1. The predicted molar refractivity (Wildman–Crippen MR) is 139 cm³/mol. The van der Waals surface area contributed by atoms with Gasteiger partial charge in [0.25, 0.3) is 11.8 Å². The Hall–Kier alpha value is -4.72. The van der Waals surface area contributed by atoms with Crippen molar-refractivity contribution < 1.29 is 42.0 Å². The van der Waals surface area contributed by atoms with Crippen LogP contribution in [0.25, 0.3) is 6.08 Å². The van der Waals surface area contributed by atoms with Crippen molar-refractivity contribution in [3.8, 4) is 17.2 Å². The van der Waals surface area contributed by atoms with Crippen LogP contribution in [-0.4, -0.2) is 29.4 Å². The van der Waals surface area contributed by atoms with Gasteiger partial charge in [0, 0.05) is 6.07 Å². The molecular formula is C26H17BrF3N3O7. The zero-order valence-corrected chi connectivity index (χ0v) is 21.9. The summed E-state index contributed by atoms with van der Waals surface area (Å²) in [6.07, 6.45) is -3.56. The largest absolute Gasteiger partial charge is 0.494 e. The van der Waals surface area contributed by atoms with E-state index < -0.39 is 45.9 Å². The van der Waals surface area contributed by atoms with Crippen LogP contribution < -0.4 is 19.7 Å². The molecule has 0 aliphatic carbocycles. The number of amides is 4. The first-order valence-electron chi connectivity index (χ1n) is 11.4. The Bertz CT molecular complexity index is 1560. The second-order valence-electron chi connectivity index (χ2n) is 8.11. The number of nitrogens with zero attached hydrogens (tertiary/aromatic N) is 2. The summed E-state index contributed by atoms with van der Waals surface area (Å²) >= 11 is 3.22. The molecule has 0 unspecified atom stereocenters. The molecule has 0 spiro atoms. The Morgan fingerprint density at radius 3 is 2.30 bits per heavy atom. The summed E-state index contributed by atoms with van der Waals surface area (Å²) in [4.78, 5) is 49.2. The van der Waals surface area contributed by atoms with Gasteiger partial charge < -0.3 is 9.47 Å². The SMILES string of the molecule is CCOc1ccc(N2C(=O)NC(=O)/C(=C\c3ccc(Oc4ccc(C(F)(F)F)cc4[N+](=O)[O-])c(Br)c3)C2=O)cc1. The number of nitrogens with one attached hydrogen (secondary N) is 1. The lowest BCUT2D eigenvalue weighted by Crippen LogP contribution is -2.54. The van der Waals surface area contributed by atoms with Gasteiger partial charge in [0.15, 0.2) is 0 Å². The first kappa shape index (κ1) is 28.3. The van der Waals surface area contributed by atoms with E-state index in [0.717, 1.165) is 11.0 Å². The van der Waals surface area contributed by atoms with Gasteiger partial charge in [-0.2, -0.15) is 13.2 Å². The highest BCUT2D eigenvalue weighted by atomic mass is 79.9. The molecule has 4 amide bonds. The Balaban J connectivity index is 1.61. The van der Waals surface area contributed by atoms with Crippen molar-refractivity contribution in [2.45, 2.75) is 13.1 Å². The monoisotopic (exact) mass is 619 g/mol. The van der Waals surface area contributed by atoms with E-state index in [9.17, 15) is 37.7 Å². The molecule has 1 heterocycles. The van der Waals surface area contributed by atoms with E-state index in [1.165, 1.54) is 36.4 Å². The van der Waals surface area contributed by atoms with Crippen LogP contribution in [0.4, 0.5) is 29.3 Å². The van der Waals surface area contributed by atoms with Crippen molar-refractivity contribution in [2.24, 2.45) is 0 Å². The van der Waals surface area contributed by atoms with Crippen LogP contribution in [0.1, 0.15) is 18.1 Å². The summed E-state index contributed by atoms with van der Waals surface area (Å²) in [6, 6.07) is 11.2. The number of rotatable bonds is 7. The molecule has 0 radical (unpaired) electrons. The van der Waals surface area contributed by atoms with Crippen LogP contribution >= 0.6 is 15.9 Å². The second-order valence-corrected chi connectivity index (χ2v) is 8.97. The fraction of sp³-hybridized carbons (Fsp3) is 0.115. The maximum atomic E-state index is 13.1. The maximum absolute atomic E-state index is 13.1. The van der Waals surface area contributed by atoms with E-state index in [-0.39, 0.29) is 21.5 Å². The summed E-state index contributed by atoms with van der Waals surface area (Å²) in [5.74, 6) is -1.70. The Kier molecular flexibility index (Phi) is 7.91. The number of benzene rings is 3. The van der Waals surface area contributed by atoms with E-state index in [2.05, 4.69) is 21.2 Å². The minimum Gasteiger partial charge on any atom is -0.494 e. The van der Waals surface area contributed by atoms with Crippen LogP contribution in [0.3, 0.4) is 0 Å². The molecule has 1 N–H and O–H groups in total. The van der Waals surface area contributed by atoms with Gasteiger partial charge in [0.05, 0.1) is 27.3 Å². The van der Waals surface area contributed by atoms with Crippen molar-refractivity contribution >= 4 is 51.2 Å². The lowest BCUT2D eigenvalue weighted by molar-refractivity contribution is -0.385. The third kappa shape index (κ3) is 5.96. The summed E-state index contributed by atoms with van der Waals surface area (Å²) in [7, 11) is 0. The fourth-order valence-corrected chi connectivity index (χ4v) is 4.12. The van der Waals surface area contributed by atoms with E-state index in [0.29, 0.717) is 30.1 Å². The molecule has 40 heavy (non-hydrogen) atoms. The number of carbonyl (C=O) groups excluding carboxylic acids is 3. The van der Waals surface area contributed by atoms with Crippen LogP contribution in [0, 0.1) is 10.1 Å². The van der Waals surface area contributed by atoms with Crippen LogP contribution in [0.15, 0.2) is 70.7 Å². The Labute approximate surface area is 232 Å². The molecule has 3 aromatic rings. The molecule has 1 aliphatic heterocycles. The number of urea groups is 1. The standard InChI is InChI=1S/C26H17BrF3N3O7/c1-2-39-17-7-5-16(6-8-17)32-24(35)18(23(34)31-25(32)36)11-14-3-9-21(19(27)12-14)40-22-10-4-15(26(28,29)30)13-20(22)33(37)38/h3-13H,2H2,1H3,(H,31,34,36)/b18-11+. The molecule has 0 bridgehead atoms. The quantitative estimate of drug-likeness (QED) is 0.144. The number of nitro benzene ring substituents is 1. The van der Waals surface area contributed by atoms with Crippen molar-refractivity contribution in [2.75, 3.05) is 11.5 Å². The molecule has 0 saturated carbocycles. The number of halogens is 4. The Morgan fingerprint density at radius 1 is 1.02 bits per heavy atom. The zero-order chi connectivity index (χ0) is 29.2. The molecule has 1 fully saturated rings. The highest BCUT2D eigenvalue weighted by Gasteiger charge is 2.37. The number of barbiturate groups is 1. The van der Waals surface area contributed by atoms with Gasteiger partial charge in [-0.3, -0.25) is 25.0 Å². The summed E-state index contributed by atoms with van der Waals surface area (Å²) < 4.78 is 50.0. The third-order valence-electron chi connectivity index (χ3n) is 5.48. The highest BCUT2D eigenvalue weighted by Crippen LogP contribution is 2.39. The van der Waals surface area contributed by atoms with Crippen molar-refractivity contribution in [1.29, 1.82) is 0 Å². The summed E-state index contributed by atoms with van der Waals surface area (Å²) in [5.41, 5.74) is -1.95. The topological polar surface area (TPSA) is 128 Å². The molecule has 0 atom stereocenters. The zero-order valence-electron chi connectivity index (χ0n) is 20.3. The number of alkyl halides is 3. The van der Waals surface area contributed by atoms with Crippen LogP contribution in [-0.2, 0) is 15.8 Å². The normalized spacial score (nSPS) is 14.8. The predicted octanol–water partition coefficient (Wildman–Crippen LogP) is 6.23. The lowest BCUT2D eigenvalue weighted by Gasteiger charge is -2.26. The van der Waals surface area contributed by atoms with Gasteiger partial charge in [0.1, 0.15) is 17.1 Å². The lowest BCUT2D eigenvalue weighted by atomic mass is 10.1. The second kappa shape index (κ2) is 11.2. The third-order valence-corrected chi connectivity index (χ3v) is 6.10. The molecule has 206 valence electrons. The van der Waals surface area contributed by atoms with E-state index >= 15 is 0 Å².